The Bertz CT molecular complexity index is 995. The highest BCUT2D eigenvalue weighted by molar-refractivity contribution is 6.02. The van der Waals surface area contributed by atoms with Crippen molar-refractivity contribution in [1.29, 1.82) is 0 Å². The molecule has 0 bridgehead atoms. The lowest BCUT2D eigenvalue weighted by molar-refractivity contribution is -0.137. The van der Waals surface area contributed by atoms with Crippen molar-refractivity contribution in [1.82, 2.24) is 4.90 Å². The minimum atomic E-state index is -1.08. The monoisotopic (exact) mass is 415 g/mol. The van der Waals surface area contributed by atoms with Crippen LogP contribution < -0.4 is 15.8 Å². The van der Waals surface area contributed by atoms with Crippen LogP contribution in [0.15, 0.2) is 36.4 Å². The molecule has 0 saturated heterocycles. The van der Waals surface area contributed by atoms with E-state index in [1.54, 1.807) is 30.3 Å². The normalized spacial score (nSPS) is 13.7. The van der Waals surface area contributed by atoms with Gasteiger partial charge in [-0.3, -0.25) is 14.4 Å². The Balaban J connectivity index is 1.81. The average molecular weight is 415 g/mol. The summed E-state index contributed by atoms with van der Waals surface area (Å²) < 4.78 is 19.4. The number of nitrogens with zero attached hydrogens (tertiary/aromatic N) is 1. The van der Waals surface area contributed by atoms with E-state index in [2.05, 4.69) is 5.32 Å². The van der Waals surface area contributed by atoms with E-state index in [4.69, 9.17) is 15.6 Å². The van der Waals surface area contributed by atoms with Crippen LogP contribution in [-0.2, 0) is 22.7 Å². The molecular weight excluding hydrogens is 393 g/mol. The van der Waals surface area contributed by atoms with Gasteiger partial charge in [-0.25, -0.2) is 4.39 Å². The molecule has 1 heterocycles. The van der Waals surface area contributed by atoms with Gasteiger partial charge in [0.15, 0.2) is 11.6 Å². The molecule has 158 valence electrons. The number of halogens is 1. The third-order valence-electron chi connectivity index (χ3n) is 5.06. The zero-order chi connectivity index (χ0) is 21.8. The molecule has 2 aromatic rings. The van der Waals surface area contributed by atoms with E-state index in [-0.39, 0.29) is 31.7 Å². The van der Waals surface area contributed by atoms with E-state index in [1.807, 2.05) is 0 Å². The van der Waals surface area contributed by atoms with Crippen LogP contribution in [0.2, 0.25) is 0 Å². The Morgan fingerprint density at radius 3 is 2.70 bits per heavy atom. The lowest BCUT2D eigenvalue weighted by Crippen LogP contribution is -2.45. The number of fused-ring (bicyclic) bond motifs is 1. The maximum absolute atomic E-state index is 14.4. The number of amides is 2. The van der Waals surface area contributed by atoms with Crippen molar-refractivity contribution in [2.45, 2.75) is 32.0 Å². The highest BCUT2D eigenvalue weighted by atomic mass is 19.1. The van der Waals surface area contributed by atoms with Crippen molar-refractivity contribution >= 4 is 23.5 Å². The molecule has 0 spiro atoms. The number of ether oxygens (including phenoxy) is 1. The molecular formula is C21H22FN3O5. The van der Waals surface area contributed by atoms with Crippen LogP contribution in [0.3, 0.4) is 0 Å². The number of benzene rings is 2. The van der Waals surface area contributed by atoms with Gasteiger partial charge in [-0.05, 0) is 24.6 Å². The number of anilines is 1. The number of hydrogen-bond donors (Lipinski definition) is 3. The van der Waals surface area contributed by atoms with Crippen molar-refractivity contribution < 1.29 is 28.6 Å². The summed E-state index contributed by atoms with van der Waals surface area (Å²) in [6, 6.07) is 8.87. The molecule has 2 aromatic carbocycles. The molecule has 0 aliphatic carbocycles. The third kappa shape index (κ3) is 4.19. The van der Waals surface area contributed by atoms with Gasteiger partial charge in [0.25, 0.3) is 5.91 Å². The molecule has 0 fully saturated rings. The minimum Gasteiger partial charge on any atom is -0.494 e. The summed E-state index contributed by atoms with van der Waals surface area (Å²) >= 11 is 0. The van der Waals surface area contributed by atoms with Crippen molar-refractivity contribution in [2.75, 3.05) is 12.4 Å². The second-order valence-corrected chi connectivity index (χ2v) is 6.90. The Hall–Kier alpha value is -3.62. The van der Waals surface area contributed by atoms with Crippen molar-refractivity contribution in [2.24, 2.45) is 5.73 Å². The maximum Gasteiger partial charge on any atom is 0.303 e. The lowest BCUT2D eigenvalue weighted by Gasteiger charge is -2.24. The van der Waals surface area contributed by atoms with E-state index in [1.165, 1.54) is 18.1 Å². The first kappa shape index (κ1) is 21.1. The Kier molecular flexibility index (Phi) is 6.20. The smallest absolute Gasteiger partial charge is 0.303 e. The number of methoxy groups -OCH3 is 1. The van der Waals surface area contributed by atoms with Gasteiger partial charge in [0, 0.05) is 41.9 Å². The fraction of sp³-hybridized carbons (Fsp3) is 0.286. The first-order chi connectivity index (χ1) is 14.3. The number of nitrogens with one attached hydrogen (secondary N) is 1. The molecule has 1 unspecified atom stereocenters. The quantitative estimate of drug-likeness (QED) is 0.577. The lowest BCUT2D eigenvalue weighted by atomic mass is 10.1. The molecule has 0 aromatic heterocycles. The topological polar surface area (TPSA) is 122 Å². The summed E-state index contributed by atoms with van der Waals surface area (Å²) in [7, 11) is 1.39. The van der Waals surface area contributed by atoms with Crippen LogP contribution in [0.5, 0.6) is 5.75 Å². The number of nitrogens with two attached hydrogens (primary N) is 1. The molecule has 1 aliphatic rings. The summed E-state index contributed by atoms with van der Waals surface area (Å²) in [6.07, 6.45) is -0.351. The average Bonchev–Trinajstić information content (AvgIpc) is 3.04. The van der Waals surface area contributed by atoms with Crippen molar-refractivity contribution in [3.8, 4) is 5.75 Å². The second kappa shape index (κ2) is 8.81. The molecule has 3 rings (SSSR count). The van der Waals surface area contributed by atoms with Crippen LogP contribution in [0.4, 0.5) is 10.1 Å². The van der Waals surface area contributed by atoms with Crippen LogP contribution in [0.1, 0.15) is 34.3 Å². The second-order valence-electron chi connectivity index (χ2n) is 6.90. The summed E-state index contributed by atoms with van der Waals surface area (Å²) in [6.45, 7) is 0.261. The van der Waals surface area contributed by atoms with Crippen LogP contribution >= 0.6 is 0 Å². The first-order valence-corrected chi connectivity index (χ1v) is 9.32. The molecule has 2 amide bonds. The van der Waals surface area contributed by atoms with Gasteiger partial charge >= 0.3 is 5.97 Å². The summed E-state index contributed by atoms with van der Waals surface area (Å²) in [5, 5.41) is 12.0. The standard InChI is InChI=1S/C21H22FN3O5/c1-30-17-7-2-4-12(19(17)22)10-24-15-6-3-5-13-14(15)11-25(21(13)29)16(20(23)28)8-9-18(26)27/h2-7,16,24H,8-11H2,1H3,(H2,23,28)(H,26,27). The number of carbonyl (C=O) groups is 3. The number of hydrogen-bond acceptors (Lipinski definition) is 5. The van der Waals surface area contributed by atoms with Crippen molar-refractivity contribution in [3.05, 3.63) is 58.9 Å². The fourth-order valence-corrected chi connectivity index (χ4v) is 3.52. The number of rotatable bonds is 9. The van der Waals surface area contributed by atoms with Crippen molar-refractivity contribution in [3.63, 3.8) is 0 Å². The van der Waals surface area contributed by atoms with Gasteiger partial charge in [0.05, 0.1) is 7.11 Å². The number of carboxylic acids is 1. The van der Waals surface area contributed by atoms with Crippen LogP contribution in [-0.4, -0.2) is 40.9 Å². The molecule has 1 aliphatic heterocycles. The zero-order valence-corrected chi connectivity index (χ0v) is 16.4. The summed E-state index contributed by atoms with van der Waals surface area (Å²) in [5.74, 6) is -2.56. The van der Waals surface area contributed by atoms with Crippen LogP contribution in [0, 0.1) is 5.82 Å². The summed E-state index contributed by atoms with van der Waals surface area (Å²) in [5.41, 5.74) is 7.47. The third-order valence-corrected chi connectivity index (χ3v) is 5.06. The summed E-state index contributed by atoms with van der Waals surface area (Å²) in [4.78, 5) is 36.8. The molecule has 9 heteroatoms. The minimum absolute atomic E-state index is 0.0673. The van der Waals surface area contributed by atoms with Gasteiger partial charge in [0.1, 0.15) is 6.04 Å². The van der Waals surface area contributed by atoms with E-state index in [9.17, 15) is 18.8 Å². The van der Waals surface area contributed by atoms with Gasteiger partial charge < -0.3 is 25.8 Å². The maximum atomic E-state index is 14.4. The van der Waals surface area contributed by atoms with E-state index in [0.29, 0.717) is 22.4 Å². The van der Waals surface area contributed by atoms with Gasteiger partial charge in [0.2, 0.25) is 5.91 Å². The Morgan fingerprint density at radius 2 is 2.03 bits per heavy atom. The highest BCUT2D eigenvalue weighted by Gasteiger charge is 2.36. The number of carbonyl (C=O) groups excluding carboxylic acids is 2. The first-order valence-electron chi connectivity index (χ1n) is 9.32. The van der Waals surface area contributed by atoms with E-state index in [0.717, 1.165) is 0 Å². The molecule has 0 saturated carbocycles. The van der Waals surface area contributed by atoms with E-state index >= 15 is 0 Å². The largest absolute Gasteiger partial charge is 0.494 e. The molecule has 4 N–H and O–H groups in total. The molecule has 30 heavy (non-hydrogen) atoms. The van der Waals surface area contributed by atoms with E-state index < -0.39 is 29.6 Å². The highest BCUT2D eigenvalue weighted by Crippen LogP contribution is 2.32. The van der Waals surface area contributed by atoms with Crippen LogP contribution in [0.25, 0.3) is 0 Å². The molecule has 0 radical (unpaired) electrons. The molecule has 1 atom stereocenters. The van der Waals surface area contributed by atoms with Gasteiger partial charge in [-0.1, -0.05) is 18.2 Å². The van der Waals surface area contributed by atoms with Gasteiger partial charge in [-0.2, -0.15) is 0 Å². The fourth-order valence-electron chi connectivity index (χ4n) is 3.52. The van der Waals surface area contributed by atoms with Gasteiger partial charge in [-0.15, -0.1) is 0 Å². The zero-order valence-electron chi connectivity index (χ0n) is 16.4. The number of primary amides is 1. The molecule has 8 nitrogen and oxygen atoms in total. The number of aliphatic carboxylic acids is 1. The Labute approximate surface area is 172 Å². The predicted octanol–water partition coefficient (Wildman–Crippen LogP) is 2.12. The number of carboxylic acid groups (broad SMARTS) is 1. The SMILES string of the molecule is COc1cccc(CNc2cccc3c2CN(C(CCC(=O)O)C(N)=O)C3=O)c1F. The predicted molar refractivity (Wildman–Crippen MR) is 106 cm³/mol. The Morgan fingerprint density at radius 1 is 1.30 bits per heavy atom.